The minimum Gasteiger partial charge on any atom is -0.464 e. The van der Waals surface area contributed by atoms with Crippen LogP contribution in [0.3, 0.4) is 0 Å². The van der Waals surface area contributed by atoms with Crippen LogP contribution in [0, 0.1) is 5.92 Å². The summed E-state index contributed by atoms with van der Waals surface area (Å²) in [5.74, 6) is -0.175. The van der Waals surface area contributed by atoms with Crippen molar-refractivity contribution in [2.75, 3.05) is 31.5 Å². The third kappa shape index (κ3) is 6.82. The first kappa shape index (κ1) is 26.2. The zero-order chi connectivity index (χ0) is 25.4. The van der Waals surface area contributed by atoms with Gasteiger partial charge in [0.2, 0.25) is 5.91 Å². The van der Waals surface area contributed by atoms with Gasteiger partial charge in [0.15, 0.2) is 5.69 Å². The van der Waals surface area contributed by atoms with Crippen molar-refractivity contribution in [2.45, 2.75) is 52.6 Å². The van der Waals surface area contributed by atoms with Gasteiger partial charge in [-0.3, -0.25) is 4.79 Å². The molecule has 0 aliphatic heterocycles. The molecule has 0 saturated carbocycles. The van der Waals surface area contributed by atoms with Gasteiger partial charge in [-0.05, 0) is 37.3 Å². The Balaban J connectivity index is 1.99. The smallest absolute Gasteiger partial charge is 0.356 e. The van der Waals surface area contributed by atoms with Crippen LogP contribution >= 0.6 is 0 Å². The normalized spacial score (nSPS) is 12.1. The van der Waals surface area contributed by atoms with Gasteiger partial charge in [-0.2, -0.15) is 0 Å². The first-order valence-corrected chi connectivity index (χ1v) is 12.0. The minimum absolute atomic E-state index is 0.184. The molecule has 0 fully saturated rings. The van der Waals surface area contributed by atoms with E-state index in [1.807, 2.05) is 36.4 Å². The van der Waals surface area contributed by atoms with Crippen LogP contribution in [0.15, 0.2) is 42.6 Å². The molecule has 1 amide bonds. The lowest BCUT2D eigenvalue weighted by Crippen LogP contribution is -2.18. The second-order valence-electron chi connectivity index (χ2n) is 9.16. The first-order valence-electron chi connectivity index (χ1n) is 12.0. The summed E-state index contributed by atoms with van der Waals surface area (Å²) in [6, 6.07) is 12.0. The lowest BCUT2D eigenvalue weighted by atomic mass is 10.1. The Hall–Kier alpha value is -3.39. The van der Waals surface area contributed by atoms with Crippen molar-refractivity contribution in [3.05, 3.63) is 53.9 Å². The Morgan fingerprint density at radius 1 is 1.11 bits per heavy atom. The Labute approximate surface area is 207 Å². The molecule has 0 unspecified atom stereocenters. The highest BCUT2D eigenvalue weighted by Crippen LogP contribution is 2.33. The number of amides is 1. The van der Waals surface area contributed by atoms with E-state index in [9.17, 15) is 9.59 Å². The molecule has 0 bridgehead atoms. The second kappa shape index (κ2) is 12.4. The molecule has 0 saturated heterocycles. The highest BCUT2D eigenvalue weighted by atomic mass is 16.5. The maximum atomic E-state index is 13.0. The molecule has 0 aliphatic carbocycles. The molecule has 0 spiro atoms. The number of anilines is 2. The summed E-state index contributed by atoms with van der Waals surface area (Å²) in [7, 11) is 2.93. The highest BCUT2D eigenvalue weighted by molar-refractivity contribution is 6.11. The molecule has 8 nitrogen and oxygen atoms in total. The number of ether oxygens (including phenoxy) is 2. The van der Waals surface area contributed by atoms with Crippen LogP contribution < -0.4 is 10.6 Å². The zero-order valence-electron chi connectivity index (χ0n) is 21.3. The number of hydrogen-bond acceptors (Lipinski definition) is 6. The van der Waals surface area contributed by atoms with Gasteiger partial charge < -0.3 is 24.7 Å². The number of hydrogen-bond donors (Lipinski definition) is 2. The number of esters is 1. The Kier molecular flexibility index (Phi) is 9.25. The van der Waals surface area contributed by atoms with E-state index >= 15 is 0 Å². The molecule has 3 rings (SSSR count). The van der Waals surface area contributed by atoms with Crippen LogP contribution in [0.4, 0.5) is 11.4 Å². The number of aromatic nitrogens is 2. The van der Waals surface area contributed by atoms with E-state index in [1.165, 1.54) is 7.11 Å². The van der Waals surface area contributed by atoms with Crippen LogP contribution in [0.5, 0.6) is 0 Å². The van der Waals surface area contributed by atoms with Crippen LogP contribution in [0.1, 0.15) is 49.7 Å². The Morgan fingerprint density at radius 3 is 2.51 bits per heavy atom. The van der Waals surface area contributed by atoms with Gasteiger partial charge in [-0.25, -0.2) is 9.78 Å². The van der Waals surface area contributed by atoms with Gasteiger partial charge >= 0.3 is 5.97 Å². The quantitative estimate of drug-likeness (QED) is 0.359. The average Bonchev–Trinajstić information content (AvgIpc) is 3.13. The molecule has 3 aromatic rings. The number of fused-ring (bicyclic) bond motifs is 1. The summed E-state index contributed by atoms with van der Waals surface area (Å²) < 4.78 is 12.1. The molecular formula is C27H36N4O4. The number of carbonyl (C=O) groups is 2. The second-order valence-corrected chi connectivity index (χ2v) is 9.16. The largest absolute Gasteiger partial charge is 0.464 e. The maximum Gasteiger partial charge on any atom is 0.356 e. The van der Waals surface area contributed by atoms with Gasteiger partial charge in [0.25, 0.3) is 0 Å². The molecule has 8 heteroatoms. The molecule has 1 aromatic carbocycles. The van der Waals surface area contributed by atoms with E-state index in [0.29, 0.717) is 42.2 Å². The number of nitrogens with one attached hydrogen (secondary N) is 2. The molecule has 1 atom stereocenters. The molecule has 0 radical (unpaired) electrons. The van der Waals surface area contributed by atoms with Crippen molar-refractivity contribution in [3.8, 4) is 0 Å². The van der Waals surface area contributed by atoms with Gasteiger partial charge in [0.1, 0.15) is 5.65 Å². The van der Waals surface area contributed by atoms with E-state index in [4.69, 9.17) is 9.47 Å². The Morgan fingerprint density at radius 2 is 1.86 bits per heavy atom. The summed E-state index contributed by atoms with van der Waals surface area (Å²) in [6.07, 6.45) is 3.64. The van der Waals surface area contributed by atoms with Crippen molar-refractivity contribution in [2.24, 2.45) is 5.92 Å². The van der Waals surface area contributed by atoms with Crippen molar-refractivity contribution in [1.82, 2.24) is 9.55 Å². The summed E-state index contributed by atoms with van der Waals surface area (Å²) in [6.45, 7) is 7.26. The van der Waals surface area contributed by atoms with Crippen LogP contribution in [0.2, 0.25) is 0 Å². The Bertz CT molecular complexity index is 1140. The summed E-state index contributed by atoms with van der Waals surface area (Å²) in [5.41, 5.74) is 3.15. The van der Waals surface area contributed by atoms with Crippen LogP contribution in [0.25, 0.3) is 11.0 Å². The lowest BCUT2D eigenvalue weighted by molar-refractivity contribution is -0.116. The lowest BCUT2D eigenvalue weighted by Gasteiger charge is -2.17. The molecule has 35 heavy (non-hydrogen) atoms. The van der Waals surface area contributed by atoms with E-state index in [-0.39, 0.29) is 24.1 Å². The molecule has 2 N–H and O–H groups in total. The van der Waals surface area contributed by atoms with Gasteiger partial charge in [-0.15, -0.1) is 0 Å². The number of pyridine rings is 1. The van der Waals surface area contributed by atoms with E-state index < -0.39 is 5.97 Å². The SMILES string of the molecule is COCCn1c(C(=O)OC)c(NC(=O)CCc2ccccc2)c2cc(N[C@@H](C)CC(C)C)cnc21. The standard InChI is InChI=1S/C27H36N4O4/c1-18(2)15-19(3)29-21-16-22-24(30-23(32)12-11-20-9-7-6-8-10-20)25(27(33)35-5)31(13-14-34-4)26(22)28-17-21/h6-10,16-19,29H,11-15H2,1-5H3,(H,30,32)/t19-/m0/s1. The molecule has 188 valence electrons. The van der Waals surface area contributed by atoms with E-state index in [0.717, 1.165) is 17.7 Å². The fourth-order valence-corrected chi connectivity index (χ4v) is 4.29. The maximum absolute atomic E-state index is 13.0. The fraction of sp³-hybridized carbons (Fsp3) is 0.444. The molecule has 2 heterocycles. The number of nitrogens with zero attached hydrogens (tertiary/aromatic N) is 2. The predicted octanol–water partition coefficient (Wildman–Crippen LogP) is 4.89. The molecule has 2 aromatic heterocycles. The number of rotatable bonds is 12. The third-order valence-electron chi connectivity index (χ3n) is 5.78. The zero-order valence-corrected chi connectivity index (χ0v) is 21.3. The number of benzene rings is 1. The first-order chi connectivity index (χ1) is 16.8. The number of aryl methyl sites for hydroxylation is 1. The number of carbonyl (C=O) groups excluding carboxylic acids is 2. The highest BCUT2D eigenvalue weighted by Gasteiger charge is 2.26. The molecule has 0 aliphatic rings. The summed E-state index contributed by atoms with van der Waals surface area (Å²) in [4.78, 5) is 30.5. The monoisotopic (exact) mass is 480 g/mol. The van der Waals surface area contributed by atoms with Crippen molar-refractivity contribution in [3.63, 3.8) is 0 Å². The molecular weight excluding hydrogens is 444 g/mol. The van der Waals surface area contributed by atoms with Crippen molar-refractivity contribution < 1.29 is 19.1 Å². The van der Waals surface area contributed by atoms with Crippen molar-refractivity contribution in [1.29, 1.82) is 0 Å². The number of methoxy groups -OCH3 is 2. The fourth-order valence-electron chi connectivity index (χ4n) is 4.29. The van der Waals surface area contributed by atoms with Crippen LogP contribution in [-0.4, -0.2) is 48.3 Å². The van der Waals surface area contributed by atoms with E-state index in [2.05, 4.69) is 36.4 Å². The topological polar surface area (TPSA) is 94.5 Å². The predicted molar refractivity (Wildman–Crippen MR) is 139 cm³/mol. The average molecular weight is 481 g/mol. The summed E-state index contributed by atoms with van der Waals surface area (Å²) >= 11 is 0. The minimum atomic E-state index is -0.542. The van der Waals surface area contributed by atoms with E-state index in [1.54, 1.807) is 17.9 Å². The summed E-state index contributed by atoms with van der Waals surface area (Å²) in [5, 5.41) is 7.14. The van der Waals surface area contributed by atoms with Gasteiger partial charge in [0.05, 0.1) is 31.3 Å². The van der Waals surface area contributed by atoms with Gasteiger partial charge in [-0.1, -0.05) is 44.2 Å². The van der Waals surface area contributed by atoms with Crippen LogP contribution in [-0.2, 0) is 27.2 Å². The third-order valence-corrected chi connectivity index (χ3v) is 5.78. The van der Waals surface area contributed by atoms with Gasteiger partial charge in [0, 0.05) is 31.5 Å². The van der Waals surface area contributed by atoms with Crippen molar-refractivity contribution >= 4 is 34.3 Å².